The predicted molar refractivity (Wildman–Crippen MR) is 177 cm³/mol. The summed E-state index contributed by atoms with van der Waals surface area (Å²) in [6, 6.07) is 25.4. The van der Waals surface area contributed by atoms with Crippen molar-refractivity contribution in [3.05, 3.63) is 127 Å². The quantitative estimate of drug-likeness (QED) is 0.0987. The van der Waals surface area contributed by atoms with Gasteiger partial charge in [-0.1, -0.05) is 42.0 Å². The maximum Gasteiger partial charge on any atom is 0.335 e. The summed E-state index contributed by atoms with van der Waals surface area (Å²) in [6.45, 7) is 2.31. The van der Waals surface area contributed by atoms with Gasteiger partial charge in [0, 0.05) is 22.2 Å². The number of hydrogen-bond donors (Lipinski definition) is 3. The van der Waals surface area contributed by atoms with Crippen LogP contribution in [0.2, 0.25) is 0 Å². The smallest absolute Gasteiger partial charge is 0.335 e. The lowest BCUT2D eigenvalue weighted by Crippen LogP contribution is -2.17. The summed E-state index contributed by atoms with van der Waals surface area (Å²) in [5, 5.41) is 19.2. The summed E-state index contributed by atoms with van der Waals surface area (Å²) >= 11 is 8.55. The van der Waals surface area contributed by atoms with Crippen LogP contribution in [0.15, 0.2) is 104 Å². The molecule has 0 aliphatic carbocycles. The highest BCUT2D eigenvalue weighted by atomic mass is 79.9. The molecule has 0 aliphatic rings. The number of aromatic carboxylic acids is 1. The van der Waals surface area contributed by atoms with Gasteiger partial charge in [0.15, 0.2) is 5.13 Å². The Balaban J connectivity index is 1.15. The van der Waals surface area contributed by atoms with Crippen LogP contribution in [0.3, 0.4) is 0 Å². The lowest BCUT2D eigenvalue weighted by Gasteiger charge is -2.11. The molecular formula is C32H24Br2N4O4S. The number of nitrogens with one attached hydrogen (secondary N) is 2. The molecule has 0 atom stereocenters. The number of carbonyl (C=O) groups is 2. The first-order valence-corrected chi connectivity index (χ1v) is 15.4. The third kappa shape index (κ3) is 7.95. The number of hydrazone groups is 1. The molecule has 11 heteroatoms. The van der Waals surface area contributed by atoms with E-state index in [2.05, 4.69) is 52.7 Å². The van der Waals surface area contributed by atoms with Crippen molar-refractivity contribution < 1.29 is 19.4 Å². The van der Waals surface area contributed by atoms with Gasteiger partial charge in [0.1, 0.15) is 12.4 Å². The molecule has 1 amide bonds. The topological polar surface area (TPSA) is 113 Å². The van der Waals surface area contributed by atoms with Crippen molar-refractivity contribution >= 4 is 72.1 Å². The molecule has 3 N–H and O–H groups in total. The molecule has 1 aromatic heterocycles. The van der Waals surface area contributed by atoms with Gasteiger partial charge in [0.25, 0.3) is 5.91 Å². The Morgan fingerprint density at radius 2 is 1.60 bits per heavy atom. The minimum absolute atomic E-state index is 0.218. The molecule has 5 aromatic rings. The number of ether oxygens (including phenoxy) is 1. The van der Waals surface area contributed by atoms with E-state index < -0.39 is 5.97 Å². The number of aryl methyl sites for hydroxylation is 1. The van der Waals surface area contributed by atoms with Crippen molar-refractivity contribution in [3.8, 4) is 17.0 Å². The van der Waals surface area contributed by atoms with Gasteiger partial charge in [-0.25, -0.2) is 15.2 Å². The number of anilines is 2. The van der Waals surface area contributed by atoms with E-state index in [-0.39, 0.29) is 18.1 Å². The van der Waals surface area contributed by atoms with Crippen LogP contribution in [-0.2, 0) is 6.61 Å². The highest BCUT2D eigenvalue weighted by molar-refractivity contribution is 9.11. The van der Waals surface area contributed by atoms with Crippen molar-refractivity contribution in [3.63, 3.8) is 0 Å². The standard InChI is InChI=1S/C32H24Br2N4O4S/c1-19-2-12-25(13-3-19)36-32-37-28(18-43-32)22-8-10-23(11-9-22)30(39)38-35-16-21-14-26(33)29(27(34)15-21)42-17-20-4-6-24(7-5-20)31(40)41/h2-16,18H,17H2,1H3,(H,36,37)(H,38,39)(H,40,41)/b35-16-. The average molecular weight is 720 g/mol. The van der Waals surface area contributed by atoms with E-state index in [4.69, 9.17) is 9.84 Å². The van der Waals surface area contributed by atoms with E-state index in [9.17, 15) is 9.59 Å². The molecule has 0 bridgehead atoms. The monoisotopic (exact) mass is 718 g/mol. The third-order valence-corrected chi connectivity index (χ3v) is 8.17. The SMILES string of the molecule is Cc1ccc(Nc2nc(-c3ccc(C(=O)N/N=C\c4cc(Br)c(OCc5ccc(C(=O)O)cc5)c(Br)c4)cc3)cs2)cc1. The van der Waals surface area contributed by atoms with E-state index in [1.54, 1.807) is 24.3 Å². The molecular weight excluding hydrogens is 696 g/mol. The molecule has 216 valence electrons. The number of amides is 1. The van der Waals surface area contributed by atoms with Crippen molar-refractivity contribution in [2.75, 3.05) is 5.32 Å². The average Bonchev–Trinajstić information content (AvgIpc) is 3.46. The molecule has 0 fully saturated rings. The number of carbonyl (C=O) groups excluding carboxylic acids is 1. The zero-order chi connectivity index (χ0) is 30.3. The van der Waals surface area contributed by atoms with E-state index in [1.807, 2.05) is 60.8 Å². The molecule has 8 nitrogen and oxygen atoms in total. The molecule has 0 aliphatic heterocycles. The summed E-state index contributed by atoms with van der Waals surface area (Å²) in [5.74, 6) is -0.728. The Labute approximate surface area is 268 Å². The number of carboxylic acid groups (broad SMARTS) is 1. The molecule has 1 heterocycles. The largest absolute Gasteiger partial charge is 0.487 e. The Bertz CT molecular complexity index is 1770. The number of nitrogens with zero attached hydrogens (tertiary/aromatic N) is 2. The fraction of sp³-hybridized carbons (Fsp3) is 0.0625. The Morgan fingerprint density at radius 1 is 0.953 bits per heavy atom. The second-order valence-electron chi connectivity index (χ2n) is 9.41. The predicted octanol–water partition coefficient (Wildman–Crippen LogP) is 8.43. The summed E-state index contributed by atoms with van der Waals surface area (Å²) in [4.78, 5) is 28.3. The lowest BCUT2D eigenvalue weighted by molar-refractivity contribution is 0.0696. The fourth-order valence-electron chi connectivity index (χ4n) is 3.94. The molecule has 0 spiro atoms. The zero-order valence-electron chi connectivity index (χ0n) is 22.7. The van der Waals surface area contributed by atoms with Crippen LogP contribution >= 0.6 is 43.2 Å². The van der Waals surface area contributed by atoms with E-state index in [1.165, 1.54) is 35.2 Å². The van der Waals surface area contributed by atoms with Crippen LogP contribution in [0.5, 0.6) is 5.75 Å². The van der Waals surface area contributed by atoms with Crippen molar-refractivity contribution in [1.29, 1.82) is 0 Å². The molecule has 0 saturated carbocycles. The number of halogens is 2. The third-order valence-electron chi connectivity index (χ3n) is 6.23. The summed E-state index contributed by atoms with van der Waals surface area (Å²) in [5.41, 5.74) is 8.71. The maximum absolute atomic E-state index is 12.7. The molecule has 0 saturated heterocycles. The Kier molecular flexibility index (Phi) is 9.65. The van der Waals surface area contributed by atoms with Crippen LogP contribution < -0.4 is 15.5 Å². The van der Waals surface area contributed by atoms with Gasteiger partial charge in [0.2, 0.25) is 0 Å². The van der Waals surface area contributed by atoms with E-state index >= 15 is 0 Å². The van der Waals surface area contributed by atoms with Crippen LogP contribution in [0.25, 0.3) is 11.3 Å². The number of carboxylic acids is 1. The van der Waals surface area contributed by atoms with Gasteiger partial charge in [-0.05, 0) is 98.4 Å². The summed E-state index contributed by atoms with van der Waals surface area (Å²) in [6.07, 6.45) is 1.54. The first-order valence-electron chi connectivity index (χ1n) is 12.9. The number of hydrogen-bond acceptors (Lipinski definition) is 7. The molecule has 43 heavy (non-hydrogen) atoms. The van der Waals surface area contributed by atoms with Crippen molar-refractivity contribution in [2.24, 2.45) is 5.10 Å². The molecule has 5 rings (SSSR count). The highest BCUT2D eigenvalue weighted by Crippen LogP contribution is 2.35. The number of rotatable bonds is 10. The van der Waals surface area contributed by atoms with Crippen molar-refractivity contribution in [2.45, 2.75) is 13.5 Å². The normalized spacial score (nSPS) is 11.0. The Hall–Kier alpha value is -4.32. The van der Waals surface area contributed by atoms with Gasteiger partial charge in [-0.3, -0.25) is 4.79 Å². The van der Waals surface area contributed by atoms with Crippen LogP contribution in [0.4, 0.5) is 10.8 Å². The molecule has 0 unspecified atom stereocenters. The van der Waals surface area contributed by atoms with E-state index in [0.29, 0.717) is 20.3 Å². The van der Waals surface area contributed by atoms with Gasteiger partial charge in [-0.15, -0.1) is 11.3 Å². The van der Waals surface area contributed by atoms with Crippen LogP contribution in [0.1, 0.15) is 37.4 Å². The first-order chi connectivity index (χ1) is 20.7. The number of benzene rings is 4. The minimum Gasteiger partial charge on any atom is -0.487 e. The van der Waals surface area contributed by atoms with Gasteiger partial charge >= 0.3 is 5.97 Å². The van der Waals surface area contributed by atoms with E-state index in [0.717, 1.165) is 33.2 Å². The fourth-order valence-corrected chi connectivity index (χ4v) is 6.13. The van der Waals surface area contributed by atoms with Crippen LogP contribution in [0, 0.1) is 6.92 Å². The van der Waals surface area contributed by atoms with Gasteiger partial charge in [-0.2, -0.15) is 5.10 Å². The summed E-state index contributed by atoms with van der Waals surface area (Å²) < 4.78 is 7.29. The molecule has 4 aromatic carbocycles. The second-order valence-corrected chi connectivity index (χ2v) is 12.0. The maximum atomic E-state index is 12.7. The summed E-state index contributed by atoms with van der Waals surface area (Å²) in [7, 11) is 0. The van der Waals surface area contributed by atoms with Crippen LogP contribution in [-0.4, -0.2) is 28.2 Å². The Morgan fingerprint density at radius 3 is 2.26 bits per heavy atom. The number of thiazole rings is 1. The minimum atomic E-state index is -0.975. The zero-order valence-corrected chi connectivity index (χ0v) is 26.7. The van der Waals surface area contributed by atoms with Gasteiger partial charge in [0.05, 0.1) is 26.4 Å². The highest BCUT2D eigenvalue weighted by Gasteiger charge is 2.11. The second kappa shape index (κ2) is 13.8. The lowest BCUT2D eigenvalue weighted by atomic mass is 10.1. The number of aromatic nitrogens is 1. The molecule has 0 radical (unpaired) electrons. The van der Waals surface area contributed by atoms with Gasteiger partial charge < -0.3 is 15.2 Å². The first kappa shape index (κ1) is 30.1. The van der Waals surface area contributed by atoms with Crippen molar-refractivity contribution in [1.82, 2.24) is 10.4 Å².